The second-order valence-corrected chi connectivity index (χ2v) is 15.1. The molecular formula is C45H81NO8. The Bertz CT molecular complexity index is 983. The molecule has 1 saturated heterocycles. The average Bonchev–Trinajstić information content (AvgIpc) is 3.17. The molecule has 1 aliphatic heterocycles. The van der Waals surface area contributed by atoms with Gasteiger partial charge in [0.05, 0.1) is 25.4 Å². The van der Waals surface area contributed by atoms with E-state index < -0.39 is 49.5 Å². The number of unbranched alkanes of at least 4 members (excludes halogenated alkanes) is 17. The van der Waals surface area contributed by atoms with E-state index in [0.29, 0.717) is 12.8 Å². The van der Waals surface area contributed by atoms with E-state index in [1.165, 1.54) is 83.5 Å². The predicted molar refractivity (Wildman–Crippen MR) is 221 cm³/mol. The van der Waals surface area contributed by atoms with Gasteiger partial charge >= 0.3 is 0 Å². The van der Waals surface area contributed by atoms with Gasteiger partial charge in [-0.2, -0.15) is 0 Å². The Morgan fingerprint density at radius 1 is 0.648 bits per heavy atom. The first-order valence-electron chi connectivity index (χ1n) is 21.8. The highest BCUT2D eigenvalue weighted by atomic mass is 16.7. The number of allylic oxidation sites excluding steroid dienone is 8. The van der Waals surface area contributed by atoms with Crippen LogP contribution in [0.5, 0.6) is 0 Å². The number of rotatable bonds is 35. The van der Waals surface area contributed by atoms with E-state index in [0.717, 1.165) is 64.2 Å². The van der Waals surface area contributed by atoms with E-state index in [2.05, 4.69) is 67.8 Å². The van der Waals surface area contributed by atoms with Gasteiger partial charge in [-0.15, -0.1) is 0 Å². The molecular weight excluding hydrogens is 682 g/mol. The van der Waals surface area contributed by atoms with Crippen LogP contribution >= 0.6 is 0 Å². The van der Waals surface area contributed by atoms with Crippen LogP contribution in [0.15, 0.2) is 48.6 Å². The van der Waals surface area contributed by atoms with Crippen molar-refractivity contribution in [3.05, 3.63) is 48.6 Å². The second-order valence-electron chi connectivity index (χ2n) is 15.1. The highest BCUT2D eigenvalue weighted by molar-refractivity contribution is 5.76. The smallest absolute Gasteiger partial charge is 0.220 e. The number of amides is 1. The molecule has 7 unspecified atom stereocenters. The Morgan fingerprint density at radius 3 is 1.70 bits per heavy atom. The van der Waals surface area contributed by atoms with Crippen LogP contribution in [0.25, 0.3) is 0 Å². The topological polar surface area (TPSA) is 149 Å². The maximum absolute atomic E-state index is 12.9. The summed E-state index contributed by atoms with van der Waals surface area (Å²) in [4.78, 5) is 12.9. The minimum atomic E-state index is -1.55. The molecule has 1 fully saturated rings. The van der Waals surface area contributed by atoms with Crippen molar-refractivity contribution in [1.29, 1.82) is 0 Å². The third-order valence-corrected chi connectivity index (χ3v) is 10.2. The van der Waals surface area contributed by atoms with Crippen LogP contribution in [0.2, 0.25) is 0 Å². The first kappa shape index (κ1) is 50.2. The number of aliphatic hydroxyl groups is 5. The molecule has 0 bridgehead atoms. The van der Waals surface area contributed by atoms with Gasteiger partial charge in [-0.05, 0) is 51.4 Å². The van der Waals surface area contributed by atoms with Gasteiger partial charge in [0.2, 0.25) is 5.91 Å². The Balaban J connectivity index is 2.17. The van der Waals surface area contributed by atoms with Gasteiger partial charge in [0.25, 0.3) is 0 Å². The largest absolute Gasteiger partial charge is 0.394 e. The van der Waals surface area contributed by atoms with Crippen molar-refractivity contribution >= 4 is 5.91 Å². The summed E-state index contributed by atoms with van der Waals surface area (Å²) in [5, 5.41) is 53.9. The van der Waals surface area contributed by atoms with Gasteiger partial charge in [-0.1, -0.05) is 165 Å². The predicted octanol–water partition coefficient (Wildman–Crippen LogP) is 8.67. The zero-order valence-electron chi connectivity index (χ0n) is 34.2. The highest BCUT2D eigenvalue weighted by Gasteiger charge is 2.44. The van der Waals surface area contributed by atoms with Crippen molar-refractivity contribution in [3.63, 3.8) is 0 Å². The maximum Gasteiger partial charge on any atom is 0.220 e. The molecule has 0 aromatic carbocycles. The molecule has 9 heteroatoms. The number of hydrogen-bond acceptors (Lipinski definition) is 8. The van der Waals surface area contributed by atoms with Crippen LogP contribution in [0.4, 0.5) is 0 Å². The van der Waals surface area contributed by atoms with E-state index in [1.807, 2.05) is 0 Å². The highest BCUT2D eigenvalue weighted by Crippen LogP contribution is 2.23. The molecule has 1 aliphatic rings. The second kappa shape index (κ2) is 35.6. The third kappa shape index (κ3) is 26.1. The zero-order chi connectivity index (χ0) is 39.5. The first-order chi connectivity index (χ1) is 26.3. The number of nitrogens with one attached hydrogen (secondary N) is 1. The van der Waals surface area contributed by atoms with Gasteiger partial charge in [0.1, 0.15) is 24.4 Å². The fraction of sp³-hybridized carbons (Fsp3) is 0.800. The molecule has 1 rings (SSSR count). The third-order valence-electron chi connectivity index (χ3n) is 10.2. The number of carbonyl (C=O) groups is 1. The van der Waals surface area contributed by atoms with Crippen molar-refractivity contribution in [1.82, 2.24) is 5.32 Å². The standard InChI is InChI=1S/C45H81NO8/c1-3-5-7-9-11-12-13-14-15-16-17-18-19-20-21-22-23-24-25-26-27-28-29-31-33-35-41(49)46-38(39(48)34-32-30-10-8-6-4-2)37-53-45-44(52)43(51)42(50)40(36-47)54-45/h5,7,11-12,14-15,17-18,38-40,42-45,47-48,50-52H,3-4,6,8-10,13,16,19-37H2,1-2H3,(H,46,49)/b7-5-,12-11-,15-14-,18-17-. The van der Waals surface area contributed by atoms with Gasteiger partial charge < -0.3 is 40.3 Å². The number of carbonyl (C=O) groups excluding carboxylic acids is 1. The SMILES string of the molecule is CC/C=C\C/C=C\C/C=C\C/C=C\CCCCCCCCCCCCCCC(=O)NC(COC1OC(CO)C(O)C(O)C1O)C(O)CCCCCCCC. The zero-order valence-corrected chi connectivity index (χ0v) is 34.2. The van der Waals surface area contributed by atoms with E-state index >= 15 is 0 Å². The quantitative estimate of drug-likeness (QED) is 0.0278. The lowest BCUT2D eigenvalue weighted by Crippen LogP contribution is -2.60. The molecule has 1 amide bonds. The minimum absolute atomic E-state index is 0.141. The molecule has 0 spiro atoms. The fourth-order valence-corrected chi connectivity index (χ4v) is 6.68. The molecule has 6 N–H and O–H groups in total. The normalized spacial score (nSPS) is 21.9. The van der Waals surface area contributed by atoms with Crippen molar-refractivity contribution < 1.29 is 39.8 Å². The van der Waals surface area contributed by atoms with Gasteiger partial charge in [0, 0.05) is 6.42 Å². The number of aliphatic hydroxyl groups excluding tert-OH is 5. The van der Waals surface area contributed by atoms with Crippen molar-refractivity contribution in [2.24, 2.45) is 0 Å². The van der Waals surface area contributed by atoms with Crippen LogP contribution in [0, 0.1) is 0 Å². The van der Waals surface area contributed by atoms with Crippen LogP contribution in [0.3, 0.4) is 0 Å². The summed E-state index contributed by atoms with van der Waals surface area (Å²) in [6.07, 6.45) is 37.3. The summed E-state index contributed by atoms with van der Waals surface area (Å²) in [5.41, 5.74) is 0. The van der Waals surface area contributed by atoms with Gasteiger partial charge in [-0.25, -0.2) is 0 Å². The molecule has 0 aromatic rings. The molecule has 314 valence electrons. The minimum Gasteiger partial charge on any atom is -0.394 e. The summed E-state index contributed by atoms with van der Waals surface area (Å²) >= 11 is 0. The summed E-state index contributed by atoms with van der Waals surface area (Å²) in [6.45, 7) is 3.64. The molecule has 0 aromatic heterocycles. The van der Waals surface area contributed by atoms with Crippen LogP contribution < -0.4 is 5.32 Å². The molecule has 1 heterocycles. The monoisotopic (exact) mass is 764 g/mol. The fourth-order valence-electron chi connectivity index (χ4n) is 6.68. The summed E-state index contributed by atoms with van der Waals surface area (Å²) in [7, 11) is 0. The van der Waals surface area contributed by atoms with Gasteiger partial charge in [0.15, 0.2) is 6.29 Å². The molecule has 0 radical (unpaired) electrons. The average molecular weight is 764 g/mol. The molecule has 7 atom stereocenters. The van der Waals surface area contributed by atoms with E-state index in [4.69, 9.17) is 9.47 Å². The first-order valence-corrected chi connectivity index (χ1v) is 21.8. The van der Waals surface area contributed by atoms with E-state index in [9.17, 15) is 30.3 Å². The lowest BCUT2D eigenvalue weighted by Gasteiger charge is -2.40. The van der Waals surface area contributed by atoms with E-state index in [1.54, 1.807) is 0 Å². The van der Waals surface area contributed by atoms with E-state index in [-0.39, 0.29) is 12.5 Å². The Labute approximate surface area is 329 Å². The molecule has 0 saturated carbocycles. The van der Waals surface area contributed by atoms with Crippen LogP contribution in [-0.4, -0.2) is 87.5 Å². The summed E-state index contributed by atoms with van der Waals surface area (Å²) in [6, 6.07) is -0.717. The Hall–Kier alpha value is -1.85. The maximum atomic E-state index is 12.9. The van der Waals surface area contributed by atoms with Crippen molar-refractivity contribution in [3.8, 4) is 0 Å². The Kier molecular flexibility index (Phi) is 33.0. The number of hydrogen-bond donors (Lipinski definition) is 6. The van der Waals surface area contributed by atoms with Gasteiger partial charge in [-0.3, -0.25) is 4.79 Å². The summed E-state index contributed by atoms with van der Waals surface area (Å²) in [5.74, 6) is -0.155. The van der Waals surface area contributed by atoms with Crippen LogP contribution in [0.1, 0.15) is 174 Å². The molecule has 9 nitrogen and oxygen atoms in total. The lowest BCUT2D eigenvalue weighted by molar-refractivity contribution is -0.302. The van der Waals surface area contributed by atoms with Crippen molar-refractivity contribution in [2.45, 2.75) is 217 Å². The summed E-state index contributed by atoms with van der Waals surface area (Å²) < 4.78 is 11.2. The molecule has 0 aliphatic carbocycles. The van der Waals surface area contributed by atoms with Crippen LogP contribution in [-0.2, 0) is 14.3 Å². The van der Waals surface area contributed by atoms with Crippen molar-refractivity contribution in [2.75, 3.05) is 13.2 Å². The molecule has 54 heavy (non-hydrogen) atoms. The number of ether oxygens (including phenoxy) is 2. The lowest BCUT2D eigenvalue weighted by atomic mass is 9.99. The Morgan fingerprint density at radius 2 is 1.15 bits per heavy atom.